The maximum absolute atomic E-state index is 10.7. The Bertz CT molecular complexity index is 403. The van der Waals surface area contributed by atoms with Gasteiger partial charge in [0.1, 0.15) is 12.2 Å². The van der Waals surface area contributed by atoms with Gasteiger partial charge in [-0.25, -0.2) is 4.98 Å². The van der Waals surface area contributed by atoms with Crippen LogP contribution >= 0.6 is 0 Å². The van der Waals surface area contributed by atoms with E-state index in [1.165, 1.54) is 25.7 Å². The molecule has 80 valence electrons. The molecule has 2 aliphatic rings. The number of carbonyl (C=O) groups is 1. The molecule has 0 atom stereocenters. The van der Waals surface area contributed by atoms with Crippen LogP contribution in [0.3, 0.4) is 0 Å². The summed E-state index contributed by atoms with van der Waals surface area (Å²) in [6.45, 7) is 0. The molecular weight excluding hydrogens is 192 g/mol. The van der Waals surface area contributed by atoms with E-state index in [4.69, 9.17) is 5.11 Å². The summed E-state index contributed by atoms with van der Waals surface area (Å²) >= 11 is 0. The maximum Gasteiger partial charge on any atom is 0.311 e. The van der Waals surface area contributed by atoms with Crippen LogP contribution in [0, 0.1) is 0 Å². The number of hydrogen-bond donors (Lipinski definition) is 1. The molecule has 0 bridgehead atoms. The van der Waals surface area contributed by atoms with Gasteiger partial charge in [0.05, 0.1) is 5.69 Å². The molecule has 2 fully saturated rings. The molecule has 0 amide bonds. The Morgan fingerprint density at radius 1 is 1.47 bits per heavy atom. The lowest BCUT2D eigenvalue weighted by Gasteiger charge is -2.02. The third kappa shape index (κ3) is 1.76. The summed E-state index contributed by atoms with van der Waals surface area (Å²) in [5.41, 5.74) is 1.11. The van der Waals surface area contributed by atoms with E-state index >= 15 is 0 Å². The Labute approximate surface area is 87.9 Å². The van der Waals surface area contributed by atoms with Gasteiger partial charge in [-0.1, -0.05) is 0 Å². The van der Waals surface area contributed by atoms with Crippen molar-refractivity contribution < 1.29 is 9.90 Å². The van der Waals surface area contributed by atoms with Crippen LogP contribution in [0.1, 0.15) is 49.2 Å². The van der Waals surface area contributed by atoms with Crippen molar-refractivity contribution in [3.63, 3.8) is 0 Å². The second-order valence-electron chi connectivity index (χ2n) is 4.57. The predicted molar refractivity (Wildman–Crippen MR) is 53.8 cm³/mol. The van der Waals surface area contributed by atoms with E-state index in [-0.39, 0.29) is 6.42 Å². The minimum atomic E-state index is -0.787. The molecule has 1 N–H and O–H groups in total. The van der Waals surface area contributed by atoms with E-state index in [0.717, 1.165) is 11.5 Å². The van der Waals surface area contributed by atoms with E-state index in [0.29, 0.717) is 12.0 Å². The number of aliphatic carboxylic acids is 1. The Morgan fingerprint density at radius 3 is 2.73 bits per heavy atom. The van der Waals surface area contributed by atoms with E-state index < -0.39 is 5.97 Å². The zero-order valence-corrected chi connectivity index (χ0v) is 8.52. The molecule has 4 nitrogen and oxygen atoms in total. The van der Waals surface area contributed by atoms with Crippen molar-refractivity contribution >= 4 is 5.97 Å². The molecule has 1 aromatic rings. The summed E-state index contributed by atoms with van der Waals surface area (Å²) in [4.78, 5) is 15.2. The molecule has 0 aliphatic heterocycles. The topological polar surface area (TPSA) is 55.1 Å². The monoisotopic (exact) mass is 206 g/mol. The molecule has 1 aromatic heterocycles. The summed E-state index contributed by atoms with van der Waals surface area (Å²) in [6.07, 6.45) is 6.92. The second kappa shape index (κ2) is 3.08. The molecule has 3 rings (SSSR count). The predicted octanol–water partition coefficient (Wildman–Crippen LogP) is 1.72. The highest BCUT2D eigenvalue weighted by Gasteiger charge is 2.31. The van der Waals surface area contributed by atoms with Crippen LogP contribution in [-0.4, -0.2) is 20.6 Å². The van der Waals surface area contributed by atoms with Crippen molar-refractivity contribution in [1.29, 1.82) is 0 Å². The Morgan fingerprint density at radius 2 is 2.20 bits per heavy atom. The van der Waals surface area contributed by atoms with Gasteiger partial charge in [0, 0.05) is 18.2 Å². The van der Waals surface area contributed by atoms with Gasteiger partial charge < -0.3 is 9.67 Å². The highest BCUT2D eigenvalue weighted by molar-refractivity contribution is 5.69. The van der Waals surface area contributed by atoms with Gasteiger partial charge in [-0.2, -0.15) is 0 Å². The molecule has 0 aromatic carbocycles. The molecule has 0 unspecified atom stereocenters. The normalized spacial score (nSPS) is 20.5. The van der Waals surface area contributed by atoms with Crippen LogP contribution in [0.15, 0.2) is 6.20 Å². The first-order valence-corrected chi connectivity index (χ1v) is 5.53. The lowest BCUT2D eigenvalue weighted by molar-refractivity contribution is -0.136. The van der Waals surface area contributed by atoms with Crippen LogP contribution in [0.4, 0.5) is 0 Å². The fourth-order valence-corrected chi connectivity index (χ4v) is 1.96. The first kappa shape index (κ1) is 8.95. The van der Waals surface area contributed by atoms with Crippen LogP contribution in [0.25, 0.3) is 0 Å². The fourth-order valence-electron chi connectivity index (χ4n) is 1.96. The van der Waals surface area contributed by atoms with Crippen molar-refractivity contribution in [3.05, 3.63) is 17.7 Å². The maximum atomic E-state index is 10.7. The third-order valence-corrected chi connectivity index (χ3v) is 3.07. The number of carboxylic acids is 1. The van der Waals surface area contributed by atoms with Crippen LogP contribution in [-0.2, 0) is 11.2 Å². The minimum Gasteiger partial charge on any atom is -0.481 e. The van der Waals surface area contributed by atoms with Gasteiger partial charge in [-0.3, -0.25) is 4.79 Å². The second-order valence-corrected chi connectivity index (χ2v) is 4.57. The summed E-state index contributed by atoms with van der Waals surface area (Å²) in [6, 6.07) is 0.527. The van der Waals surface area contributed by atoms with E-state index in [2.05, 4.69) is 15.7 Å². The standard InChI is InChI=1S/C11H14N2O2/c14-11(15)5-10-12-9(7-1-2-7)6-13(10)8-3-4-8/h6-8H,1-5H2,(H,14,15). The van der Waals surface area contributed by atoms with Crippen LogP contribution < -0.4 is 0 Å². The number of nitrogens with zero attached hydrogens (tertiary/aromatic N) is 2. The number of carboxylic acid groups (broad SMARTS) is 1. The Kier molecular flexibility index (Phi) is 1.84. The zero-order chi connectivity index (χ0) is 10.4. The van der Waals surface area contributed by atoms with Gasteiger partial charge in [-0.15, -0.1) is 0 Å². The molecule has 1 heterocycles. The fraction of sp³-hybridized carbons (Fsp3) is 0.636. The molecular formula is C11H14N2O2. The van der Waals surface area contributed by atoms with E-state index in [1.54, 1.807) is 0 Å². The Balaban J connectivity index is 1.90. The first-order valence-electron chi connectivity index (χ1n) is 5.53. The Hall–Kier alpha value is -1.32. The van der Waals surface area contributed by atoms with Crippen molar-refractivity contribution in [2.45, 2.75) is 44.1 Å². The van der Waals surface area contributed by atoms with E-state index in [9.17, 15) is 4.79 Å². The summed E-state index contributed by atoms with van der Waals surface area (Å²) < 4.78 is 2.09. The zero-order valence-electron chi connectivity index (χ0n) is 8.52. The lowest BCUT2D eigenvalue weighted by Crippen LogP contribution is -2.07. The molecule has 2 aliphatic carbocycles. The molecule has 4 heteroatoms. The van der Waals surface area contributed by atoms with Gasteiger partial charge >= 0.3 is 5.97 Å². The van der Waals surface area contributed by atoms with Crippen LogP contribution in [0.2, 0.25) is 0 Å². The van der Waals surface area contributed by atoms with Gasteiger partial charge in [0.15, 0.2) is 0 Å². The minimum absolute atomic E-state index is 0.0587. The summed E-state index contributed by atoms with van der Waals surface area (Å²) in [7, 11) is 0. The number of hydrogen-bond acceptors (Lipinski definition) is 2. The SMILES string of the molecule is O=C(O)Cc1nc(C2CC2)cn1C1CC1. The average Bonchev–Trinajstić information content (AvgIpc) is 3.06. The highest BCUT2D eigenvalue weighted by atomic mass is 16.4. The molecule has 0 saturated heterocycles. The number of rotatable bonds is 4. The molecule has 0 spiro atoms. The molecule has 2 saturated carbocycles. The summed E-state index contributed by atoms with van der Waals surface area (Å²) in [5.74, 6) is 0.564. The van der Waals surface area contributed by atoms with Gasteiger partial charge in [-0.05, 0) is 25.7 Å². The van der Waals surface area contributed by atoms with Gasteiger partial charge in [0.25, 0.3) is 0 Å². The molecule has 0 radical (unpaired) electrons. The number of aromatic nitrogens is 2. The number of imidazole rings is 1. The average molecular weight is 206 g/mol. The molecule has 15 heavy (non-hydrogen) atoms. The lowest BCUT2D eigenvalue weighted by atomic mass is 10.3. The third-order valence-electron chi connectivity index (χ3n) is 3.07. The van der Waals surface area contributed by atoms with Crippen LogP contribution in [0.5, 0.6) is 0 Å². The van der Waals surface area contributed by atoms with Crippen molar-refractivity contribution in [2.24, 2.45) is 0 Å². The van der Waals surface area contributed by atoms with Gasteiger partial charge in [0.2, 0.25) is 0 Å². The van der Waals surface area contributed by atoms with Crippen molar-refractivity contribution in [3.8, 4) is 0 Å². The summed E-state index contributed by atoms with van der Waals surface area (Å²) in [5, 5.41) is 8.80. The van der Waals surface area contributed by atoms with E-state index in [1.807, 2.05) is 0 Å². The van der Waals surface area contributed by atoms with Crippen molar-refractivity contribution in [2.75, 3.05) is 0 Å². The first-order chi connectivity index (χ1) is 7.24. The smallest absolute Gasteiger partial charge is 0.311 e. The highest BCUT2D eigenvalue weighted by Crippen LogP contribution is 2.42. The van der Waals surface area contributed by atoms with Crippen molar-refractivity contribution in [1.82, 2.24) is 9.55 Å². The quantitative estimate of drug-likeness (QED) is 0.816. The largest absolute Gasteiger partial charge is 0.481 e.